The van der Waals surface area contributed by atoms with Crippen molar-refractivity contribution < 1.29 is 23.9 Å². The first-order chi connectivity index (χ1) is 30.3. The average molecular weight is 873 g/mol. The van der Waals surface area contributed by atoms with Crippen LogP contribution in [0.1, 0.15) is 125 Å². The smallest absolute Gasteiger partial charge is 0.408 e. The van der Waals surface area contributed by atoms with E-state index >= 15 is 0 Å². The lowest BCUT2D eigenvalue weighted by Crippen LogP contribution is -2.53. The van der Waals surface area contributed by atoms with E-state index in [1.54, 1.807) is 33.0 Å². The number of rotatable bonds is 13. The number of likely N-dealkylation sites (tertiary alicyclic amines) is 1. The zero-order valence-electron chi connectivity index (χ0n) is 38.7. The molecule has 0 spiro atoms. The summed E-state index contributed by atoms with van der Waals surface area (Å²) in [6, 6.07) is 10.9. The standard InChI is InChI=1S/C49H64N10O5/c1-9-31-25-33-34(49(7,8)43-41(42(33)61)32-16-15-30(27-50)24-37(32)54-43)26-38(31)58-20-22-59(23-21-58)40(60)14-11-19-57-28-39(48(5,6)29-57)56-45(62)36(55-46(63)64-47(2,3)4)13-10-12-35-44(51)53-18-17-52-35/h15-18,24-26,36,39,54H,9-14,19-23,28-29H2,1-8H3,(H2,51,53)(H,55,63)(H,56,62)/t36-,39-/m0/s1. The van der Waals surface area contributed by atoms with E-state index in [-0.39, 0.29) is 29.1 Å². The molecule has 3 amide bonds. The summed E-state index contributed by atoms with van der Waals surface area (Å²) in [5.74, 6) is 0.220. The highest BCUT2D eigenvalue weighted by atomic mass is 16.6. The Bertz CT molecular complexity index is 2470. The van der Waals surface area contributed by atoms with Crippen LogP contribution < -0.4 is 21.3 Å². The molecule has 3 aliphatic rings. The molecule has 340 valence electrons. The van der Waals surface area contributed by atoms with Gasteiger partial charge in [0.25, 0.3) is 0 Å². The maximum absolute atomic E-state index is 14.1. The van der Waals surface area contributed by atoms with Gasteiger partial charge in [-0.2, -0.15) is 5.26 Å². The Balaban J connectivity index is 0.923. The van der Waals surface area contributed by atoms with Crippen LogP contribution in [0, 0.1) is 16.7 Å². The van der Waals surface area contributed by atoms with Crippen molar-refractivity contribution in [3.63, 3.8) is 0 Å². The summed E-state index contributed by atoms with van der Waals surface area (Å²) in [4.78, 5) is 72.9. The largest absolute Gasteiger partial charge is 0.444 e. The molecule has 4 aromatic rings. The summed E-state index contributed by atoms with van der Waals surface area (Å²) in [5.41, 5.74) is 12.0. The van der Waals surface area contributed by atoms with Crippen LogP contribution in [0.4, 0.5) is 16.3 Å². The number of aromatic amines is 1. The van der Waals surface area contributed by atoms with E-state index in [1.165, 1.54) is 6.20 Å². The van der Waals surface area contributed by atoms with E-state index in [0.717, 1.165) is 58.5 Å². The number of benzene rings is 2. The van der Waals surface area contributed by atoms with Crippen molar-refractivity contribution in [2.45, 2.75) is 117 Å². The predicted molar refractivity (Wildman–Crippen MR) is 247 cm³/mol. The fourth-order valence-electron chi connectivity index (χ4n) is 9.67. The van der Waals surface area contributed by atoms with Crippen LogP contribution in [0.25, 0.3) is 10.9 Å². The molecule has 15 heteroatoms. The van der Waals surface area contributed by atoms with E-state index in [9.17, 15) is 24.4 Å². The number of carbonyl (C=O) groups excluding carboxylic acids is 4. The molecule has 0 radical (unpaired) electrons. The number of nitrogen functional groups attached to an aromatic ring is 1. The number of nitrogens with two attached hydrogens (primary N) is 1. The van der Waals surface area contributed by atoms with Crippen molar-refractivity contribution in [3.05, 3.63) is 81.9 Å². The highest BCUT2D eigenvalue weighted by molar-refractivity contribution is 6.20. The minimum absolute atomic E-state index is 0.00379. The first-order valence-electron chi connectivity index (χ1n) is 22.7. The van der Waals surface area contributed by atoms with Crippen molar-refractivity contribution in [1.29, 1.82) is 5.26 Å². The number of nitriles is 1. The van der Waals surface area contributed by atoms with Crippen molar-refractivity contribution in [1.82, 2.24) is 35.4 Å². The molecule has 0 unspecified atom stereocenters. The van der Waals surface area contributed by atoms with Crippen LogP contribution >= 0.6 is 0 Å². The number of ether oxygens (including phenoxy) is 1. The SMILES string of the molecule is CCc1cc2c(cc1N1CCN(C(=O)CCCN3C[C@H](NC(=O)[C@H](CCCc4nccnc4N)NC(=O)OC(C)(C)C)C(C)(C)C3)CC1)C(C)(C)c1[nH]c3cc(C#N)ccc3c1C2=O. The fourth-order valence-corrected chi connectivity index (χ4v) is 9.67. The topological polar surface area (TPSA) is 203 Å². The highest BCUT2D eigenvalue weighted by Gasteiger charge is 2.42. The van der Waals surface area contributed by atoms with Gasteiger partial charge in [-0.15, -0.1) is 0 Å². The average Bonchev–Trinajstić information content (AvgIpc) is 3.78. The van der Waals surface area contributed by atoms with Crippen LogP contribution in [-0.2, 0) is 32.6 Å². The van der Waals surface area contributed by atoms with Gasteiger partial charge in [0, 0.05) is 97.4 Å². The van der Waals surface area contributed by atoms with Crippen molar-refractivity contribution in [3.8, 4) is 6.07 Å². The molecule has 1 aliphatic carbocycles. The third kappa shape index (κ3) is 9.72. The number of nitrogens with zero attached hydrogens (tertiary/aromatic N) is 6. The number of ketones is 1. The number of aromatic nitrogens is 3. The Morgan fingerprint density at radius 2 is 1.78 bits per heavy atom. The molecule has 0 saturated carbocycles. The van der Waals surface area contributed by atoms with E-state index < -0.39 is 23.2 Å². The fraction of sp³-hybridized carbons (Fsp3) is 0.531. The monoisotopic (exact) mass is 873 g/mol. The number of piperazine rings is 1. The normalized spacial score (nSPS) is 18.5. The van der Waals surface area contributed by atoms with Gasteiger partial charge in [-0.1, -0.05) is 40.7 Å². The molecule has 5 N–H and O–H groups in total. The van der Waals surface area contributed by atoms with Gasteiger partial charge in [0.1, 0.15) is 17.5 Å². The zero-order chi connectivity index (χ0) is 46.1. The van der Waals surface area contributed by atoms with Crippen LogP contribution in [0.2, 0.25) is 0 Å². The van der Waals surface area contributed by atoms with Crippen LogP contribution in [-0.4, -0.2) is 112 Å². The van der Waals surface area contributed by atoms with Crippen molar-refractivity contribution in [2.75, 3.05) is 56.4 Å². The Morgan fingerprint density at radius 1 is 1.05 bits per heavy atom. The molecule has 2 fully saturated rings. The number of H-pyrrole nitrogens is 1. The minimum atomic E-state index is -0.818. The lowest BCUT2D eigenvalue weighted by molar-refractivity contribution is -0.131. The summed E-state index contributed by atoms with van der Waals surface area (Å²) < 4.78 is 5.49. The van der Waals surface area contributed by atoms with Crippen molar-refractivity contribution in [2.24, 2.45) is 5.41 Å². The highest BCUT2D eigenvalue weighted by Crippen LogP contribution is 2.46. The Morgan fingerprint density at radius 3 is 2.47 bits per heavy atom. The molecule has 0 bridgehead atoms. The molecule has 2 atom stereocenters. The second kappa shape index (κ2) is 18.2. The van der Waals surface area contributed by atoms with Gasteiger partial charge in [-0.05, 0) is 100 Å². The lowest BCUT2D eigenvalue weighted by atomic mass is 9.70. The zero-order valence-corrected chi connectivity index (χ0v) is 38.7. The van der Waals surface area contributed by atoms with Crippen LogP contribution in [0.3, 0.4) is 0 Å². The maximum Gasteiger partial charge on any atom is 0.408 e. The summed E-state index contributed by atoms with van der Waals surface area (Å²) in [7, 11) is 0. The maximum atomic E-state index is 14.1. The second-order valence-corrected chi connectivity index (χ2v) is 19.8. The number of fused-ring (bicyclic) bond motifs is 4. The predicted octanol–water partition coefficient (Wildman–Crippen LogP) is 6.02. The van der Waals surface area contributed by atoms with Gasteiger partial charge in [-0.25, -0.2) is 9.78 Å². The minimum Gasteiger partial charge on any atom is -0.444 e. The number of carbonyl (C=O) groups is 4. The summed E-state index contributed by atoms with van der Waals surface area (Å²) in [6.07, 6.45) is 5.78. The molecule has 2 saturated heterocycles. The van der Waals surface area contributed by atoms with Crippen molar-refractivity contribution >= 4 is 46.1 Å². The second-order valence-electron chi connectivity index (χ2n) is 19.8. The summed E-state index contributed by atoms with van der Waals surface area (Å²) in [6.45, 7) is 20.7. The molecule has 4 heterocycles. The molecule has 2 aliphatic heterocycles. The van der Waals surface area contributed by atoms with E-state index in [0.29, 0.717) is 87.5 Å². The first-order valence-corrected chi connectivity index (χ1v) is 22.7. The third-order valence-corrected chi connectivity index (χ3v) is 13.2. The molecule has 2 aromatic heterocycles. The number of hydrogen-bond acceptors (Lipinski definition) is 11. The molecule has 15 nitrogen and oxygen atoms in total. The first kappa shape index (κ1) is 46.0. The number of amides is 3. The van der Waals surface area contributed by atoms with Gasteiger partial charge in [0.2, 0.25) is 11.8 Å². The van der Waals surface area contributed by atoms with E-state index in [1.807, 2.05) is 17.0 Å². The third-order valence-electron chi connectivity index (χ3n) is 13.2. The van der Waals surface area contributed by atoms with E-state index in [4.69, 9.17) is 10.5 Å². The number of hydrogen-bond donors (Lipinski definition) is 4. The number of aryl methyl sites for hydroxylation is 2. The Kier molecular flexibility index (Phi) is 13.1. The number of anilines is 2. The summed E-state index contributed by atoms with van der Waals surface area (Å²) >= 11 is 0. The van der Waals surface area contributed by atoms with Gasteiger partial charge >= 0.3 is 6.09 Å². The lowest BCUT2D eigenvalue weighted by Gasteiger charge is -2.39. The van der Waals surface area contributed by atoms with Crippen LogP contribution in [0.15, 0.2) is 42.7 Å². The summed E-state index contributed by atoms with van der Waals surface area (Å²) in [5, 5.41) is 16.3. The number of alkyl carbamates (subject to hydrolysis) is 1. The molecule has 64 heavy (non-hydrogen) atoms. The van der Waals surface area contributed by atoms with Gasteiger partial charge < -0.3 is 40.8 Å². The quantitative estimate of drug-likeness (QED) is 0.122. The Hall–Kier alpha value is -6.01. The van der Waals surface area contributed by atoms with Gasteiger partial charge in [0.05, 0.1) is 22.9 Å². The molecule has 2 aromatic carbocycles. The van der Waals surface area contributed by atoms with Gasteiger partial charge in [-0.3, -0.25) is 19.4 Å². The van der Waals surface area contributed by atoms with Gasteiger partial charge in [0.15, 0.2) is 5.78 Å². The number of nitrogens with one attached hydrogen (secondary N) is 3. The molecular formula is C49H64N10O5. The molecule has 7 rings (SSSR count). The van der Waals surface area contributed by atoms with E-state index in [2.05, 4.69) is 88.2 Å². The van der Waals surface area contributed by atoms with Crippen LogP contribution in [0.5, 0.6) is 0 Å². The Labute approximate surface area is 376 Å². The molecular weight excluding hydrogens is 809 g/mol.